The van der Waals surface area contributed by atoms with Crippen LogP contribution < -0.4 is 15.8 Å². The van der Waals surface area contributed by atoms with E-state index >= 15 is 0 Å². The quantitative estimate of drug-likeness (QED) is 0.434. The molecule has 0 aliphatic rings. The fourth-order valence-corrected chi connectivity index (χ4v) is 2.82. The zero-order valence-electron chi connectivity index (χ0n) is 17.1. The number of carbonyl (C=O) groups is 3. The Kier molecular flexibility index (Phi) is 7.19. The van der Waals surface area contributed by atoms with E-state index in [4.69, 9.17) is 0 Å². The molecular formula is C22H15F5N4O3. The van der Waals surface area contributed by atoms with Crippen LogP contribution in [0.15, 0.2) is 67.0 Å². The maximum absolute atomic E-state index is 14.8. The van der Waals surface area contributed by atoms with Crippen molar-refractivity contribution in [3.63, 3.8) is 0 Å². The molecule has 1 aromatic heterocycles. The highest BCUT2D eigenvalue weighted by molar-refractivity contribution is 6.06. The Morgan fingerprint density at radius 3 is 2.21 bits per heavy atom. The van der Waals surface area contributed by atoms with E-state index in [1.165, 1.54) is 53.6 Å². The molecule has 0 aliphatic heterocycles. The number of amides is 3. The highest BCUT2D eigenvalue weighted by atomic mass is 19.4. The molecule has 3 amide bonds. The molecule has 3 rings (SSSR count). The van der Waals surface area contributed by atoms with E-state index in [0.29, 0.717) is 0 Å². The zero-order valence-corrected chi connectivity index (χ0v) is 17.1. The molecule has 2 N–H and O–H groups in total. The van der Waals surface area contributed by atoms with Crippen LogP contribution >= 0.6 is 0 Å². The van der Waals surface area contributed by atoms with Crippen molar-refractivity contribution >= 4 is 23.4 Å². The number of nitrogens with one attached hydrogen (secondary N) is 2. The van der Waals surface area contributed by atoms with E-state index in [2.05, 4.69) is 4.98 Å². The average Bonchev–Trinajstić information content (AvgIpc) is 2.81. The molecular weight excluding hydrogens is 463 g/mol. The van der Waals surface area contributed by atoms with Crippen molar-refractivity contribution in [1.82, 2.24) is 15.8 Å². The highest BCUT2D eigenvalue weighted by Gasteiger charge is 2.39. The fraction of sp³-hybridized carbons (Fsp3) is 0.0909. The van der Waals surface area contributed by atoms with Gasteiger partial charge in [0, 0.05) is 34.8 Å². The molecule has 2 aromatic carbocycles. The van der Waals surface area contributed by atoms with Crippen molar-refractivity contribution in [1.29, 1.82) is 0 Å². The van der Waals surface area contributed by atoms with Crippen LogP contribution in [0.2, 0.25) is 0 Å². The lowest BCUT2D eigenvalue weighted by Gasteiger charge is -2.23. The molecule has 0 fully saturated rings. The maximum Gasteiger partial charge on any atom is 0.472 e. The minimum Gasteiger partial charge on any atom is -0.304 e. The summed E-state index contributed by atoms with van der Waals surface area (Å²) in [5, 5.41) is 0. The van der Waals surface area contributed by atoms with Gasteiger partial charge < -0.3 is 4.90 Å². The number of benzene rings is 2. The van der Waals surface area contributed by atoms with Gasteiger partial charge in [0.15, 0.2) is 0 Å². The van der Waals surface area contributed by atoms with E-state index in [1.54, 1.807) is 0 Å². The topological polar surface area (TPSA) is 91.4 Å². The smallest absolute Gasteiger partial charge is 0.304 e. The van der Waals surface area contributed by atoms with E-state index < -0.39 is 35.5 Å². The van der Waals surface area contributed by atoms with E-state index in [9.17, 15) is 36.3 Å². The Hall–Kier alpha value is -4.35. The van der Waals surface area contributed by atoms with E-state index in [0.717, 1.165) is 29.2 Å². The standard InChI is InChI=1S/C22H15F5N4O3/c23-16-2-1-3-17(11-16)31(20(33)13-6-8-28-9-7-13)12-15-5-4-14(10-18(15)24)19(32)29-30-21(34)22(25,26)27/h1-11H,12H2,(H,29,32)(H,30,34). The van der Waals surface area contributed by atoms with Crippen LogP contribution in [0.1, 0.15) is 26.3 Å². The summed E-state index contributed by atoms with van der Waals surface area (Å²) in [6, 6.07) is 10.9. The molecule has 0 atom stereocenters. The molecule has 1 heterocycles. The van der Waals surface area contributed by atoms with E-state index in [1.807, 2.05) is 0 Å². The number of carbonyl (C=O) groups excluding carboxylic acids is 3. The number of rotatable bonds is 5. The third-order valence-corrected chi connectivity index (χ3v) is 4.48. The summed E-state index contributed by atoms with van der Waals surface area (Å²) in [6.07, 6.45) is -2.46. The van der Waals surface area contributed by atoms with Gasteiger partial charge in [-0.05, 0) is 42.5 Å². The van der Waals surface area contributed by atoms with Gasteiger partial charge in [-0.3, -0.25) is 30.2 Å². The van der Waals surface area contributed by atoms with Crippen molar-refractivity contribution < 1.29 is 36.3 Å². The number of hydrazine groups is 1. The summed E-state index contributed by atoms with van der Waals surface area (Å²) in [5.74, 6) is -5.77. The van der Waals surface area contributed by atoms with Gasteiger partial charge in [-0.2, -0.15) is 13.2 Å². The van der Waals surface area contributed by atoms with Gasteiger partial charge in [0.25, 0.3) is 11.8 Å². The second-order valence-electron chi connectivity index (χ2n) is 6.82. The van der Waals surface area contributed by atoms with Gasteiger partial charge >= 0.3 is 12.1 Å². The zero-order chi connectivity index (χ0) is 24.9. The van der Waals surface area contributed by atoms with Crippen LogP contribution in [0.3, 0.4) is 0 Å². The molecule has 0 saturated carbocycles. The third-order valence-electron chi connectivity index (χ3n) is 4.48. The lowest BCUT2D eigenvalue weighted by Crippen LogP contribution is -2.47. The predicted octanol–water partition coefficient (Wildman–Crippen LogP) is 3.53. The minimum atomic E-state index is -5.22. The van der Waals surface area contributed by atoms with Crippen LogP contribution in [0.25, 0.3) is 0 Å². The fourth-order valence-electron chi connectivity index (χ4n) is 2.82. The van der Waals surface area contributed by atoms with Crippen molar-refractivity contribution in [2.24, 2.45) is 0 Å². The van der Waals surface area contributed by atoms with Gasteiger partial charge in [-0.15, -0.1) is 0 Å². The predicted molar refractivity (Wildman–Crippen MR) is 109 cm³/mol. The Morgan fingerprint density at radius 2 is 1.59 bits per heavy atom. The number of nitrogens with zero attached hydrogens (tertiary/aromatic N) is 2. The van der Waals surface area contributed by atoms with Gasteiger partial charge in [0.1, 0.15) is 11.6 Å². The summed E-state index contributed by atoms with van der Waals surface area (Å²) in [6.45, 7) is -0.358. The monoisotopic (exact) mass is 478 g/mol. The third kappa shape index (κ3) is 5.91. The van der Waals surface area contributed by atoms with E-state index in [-0.39, 0.29) is 28.9 Å². The van der Waals surface area contributed by atoms with Crippen LogP contribution in [-0.4, -0.2) is 28.9 Å². The lowest BCUT2D eigenvalue weighted by molar-refractivity contribution is -0.174. The van der Waals surface area contributed by atoms with Crippen molar-refractivity contribution in [3.8, 4) is 0 Å². The first-order valence-electron chi connectivity index (χ1n) is 9.49. The number of pyridine rings is 1. The molecule has 176 valence electrons. The normalized spacial score (nSPS) is 11.0. The van der Waals surface area contributed by atoms with Gasteiger partial charge in [-0.1, -0.05) is 12.1 Å². The van der Waals surface area contributed by atoms with Gasteiger partial charge in [0.05, 0.1) is 6.54 Å². The number of alkyl halides is 3. The number of hydrogen-bond donors (Lipinski definition) is 2. The molecule has 0 bridgehead atoms. The second-order valence-corrected chi connectivity index (χ2v) is 6.82. The summed E-state index contributed by atoms with van der Waals surface area (Å²) in [5.41, 5.74) is 2.58. The van der Waals surface area contributed by atoms with Crippen molar-refractivity contribution in [2.75, 3.05) is 4.90 Å². The van der Waals surface area contributed by atoms with Crippen LogP contribution in [0.4, 0.5) is 27.6 Å². The molecule has 3 aromatic rings. The second kappa shape index (κ2) is 10.1. The summed E-state index contributed by atoms with van der Waals surface area (Å²) in [4.78, 5) is 40.7. The summed E-state index contributed by atoms with van der Waals surface area (Å²) in [7, 11) is 0. The Balaban J connectivity index is 1.83. The van der Waals surface area contributed by atoms with Gasteiger partial charge in [0.2, 0.25) is 0 Å². The molecule has 0 radical (unpaired) electrons. The first kappa shape index (κ1) is 24.3. The molecule has 0 aliphatic carbocycles. The number of halogens is 5. The maximum atomic E-state index is 14.8. The number of hydrogen-bond acceptors (Lipinski definition) is 4. The molecule has 34 heavy (non-hydrogen) atoms. The molecule has 12 heteroatoms. The SMILES string of the molecule is O=C(NNC(=O)C(F)(F)F)c1ccc(CN(C(=O)c2ccncc2)c2cccc(F)c2)c(F)c1. The molecule has 0 spiro atoms. The van der Waals surface area contributed by atoms with Crippen LogP contribution in [-0.2, 0) is 11.3 Å². The largest absolute Gasteiger partial charge is 0.472 e. The van der Waals surface area contributed by atoms with Crippen LogP contribution in [0.5, 0.6) is 0 Å². The Morgan fingerprint density at radius 1 is 0.882 bits per heavy atom. The first-order chi connectivity index (χ1) is 16.1. The highest BCUT2D eigenvalue weighted by Crippen LogP contribution is 2.23. The Bertz CT molecular complexity index is 1220. The van der Waals surface area contributed by atoms with Crippen LogP contribution in [0, 0.1) is 11.6 Å². The number of aromatic nitrogens is 1. The van der Waals surface area contributed by atoms with Gasteiger partial charge in [-0.25, -0.2) is 8.78 Å². The summed E-state index contributed by atoms with van der Waals surface area (Å²) < 4.78 is 65.2. The molecule has 0 saturated heterocycles. The molecule has 7 nitrogen and oxygen atoms in total. The first-order valence-corrected chi connectivity index (χ1v) is 9.49. The molecule has 0 unspecified atom stereocenters. The average molecular weight is 478 g/mol. The van der Waals surface area contributed by atoms with Crippen molar-refractivity contribution in [2.45, 2.75) is 12.7 Å². The van der Waals surface area contributed by atoms with Crippen molar-refractivity contribution in [3.05, 3.63) is 95.3 Å². The minimum absolute atomic E-state index is 0.0671. The lowest BCUT2D eigenvalue weighted by atomic mass is 10.1. The number of anilines is 1. The Labute approximate surface area is 189 Å². The summed E-state index contributed by atoms with van der Waals surface area (Å²) >= 11 is 0.